The van der Waals surface area contributed by atoms with E-state index in [4.69, 9.17) is 25.8 Å². The maximum absolute atomic E-state index is 6.24. The van der Waals surface area contributed by atoms with Gasteiger partial charge in [-0.1, -0.05) is 23.7 Å². The molecule has 0 saturated carbocycles. The third-order valence-corrected chi connectivity index (χ3v) is 5.51. The van der Waals surface area contributed by atoms with Crippen molar-refractivity contribution in [3.8, 4) is 11.5 Å². The molecule has 0 aliphatic carbocycles. The summed E-state index contributed by atoms with van der Waals surface area (Å²) in [6.07, 6.45) is 2.20. The average Bonchev–Trinajstić information content (AvgIpc) is 2.67. The van der Waals surface area contributed by atoms with Gasteiger partial charge in [0.05, 0.1) is 25.9 Å². The van der Waals surface area contributed by atoms with Crippen LogP contribution in [0, 0.1) is 5.92 Å². The Morgan fingerprint density at radius 2 is 2.12 bits per heavy atom. The van der Waals surface area contributed by atoms with Gasteiger partial charge in [-0.25, -0.2) is 0 Å². The first-order chi connectivity index (χ1) is 12.7. The third-order valence-electron chi connectivity index (χ3n) is 5.28. The summed E-state index contributed by atoms with van der Waals surface area (Å²) in [7, 11) is 1.70. The highest BCUT2D eigenvalue weighted by Gasteiger charge is 2.41. The Morgan fingerprint density at radius 1 is 1.23 bits per heavy atom. The van der Waals surface area contributed by atoms with Gasteiger partial charge in [0.25, 0.3) is 0 Å². The summed E-state index contributed by atoms with van der Waals surface area (Å²) >= 11 is 6.24. The standard InChI is InChI=1S/C21H24ClNO3/c1-3-25-18-8-4-6-15(21(18)24-2)19-14-7-5-11-26-20(14)16-12-13(22)9-10-17(16)23-19/h4,6,8-10,12,14,19-20,23H,3,5,7,11H2,1-2H3/t14-,19?,20-/m0/s1. The van der Waals surface area contributed by atoms with Gasteiger partial charge in [0.15, 0.2) is 11.5 Å². The van der Waals surface area contributed by atoms with Crippen LogP contribution in [0.3, 0.4) is 0 Å². The van der Waals surface area contributed by atoms with E-state index in [9.17, 15) is 0 Å². The predicted molar refractivity (Wildman–Crippen MR) is 103 cm³/mol. The first-order valence-corrected chi connectivity index (χ1v) is 9.58. The van der Waals surface area contributed by atoms with E-state index in [1.54, 1.807) is 7.11 Å². The zero-order chi connectivity index (χ0) is 18.1. The molecule has 2 aromatic rings. The van der Waals surface area contributed by atoms with Crippen molar-refractivity contribution >= 4 is 17.3 Å². The second-order valence-electron chi connectivity index (χ2n) is 6.76. The van der Waals surface area contributed by atoms with Crippen LogP contribution in [0.15, 0.2) is 36.4 Å². The minimum Gasteiger partial charge on any atom is -0.492 e. The first-order valence-electron chi connectivity index (χ1n) is 9.20. The molecule has 0 bridgehead atoms. The number of ether oxygens (including phenoxy) is 3. The van der Waals surface area contributed by atoms with E-state index in [0.717, 1.165) is 52.8 Å². The number of nitrogens with one attached hydrogen (secondary N) is 1. The molecule has 2 aliphatic heterocycles. The fourth-order valence-electron chi connectivity index (χ4n) is 4.21. The van der Waals surface area contributed by atoms with Gasteiger partial charge in [-0.05, 0) is 44.0 Å². The lowest BCUT2D eigenvalue weighted by Gasteiger charge is -2.43. The van der Waals surface area contributed by atoms with E-state index in [0.29, 0.717) is 12.5 Å². The molecule has 2 aliphatic rings. The molecular formula is C21H24ClNO3. The summed E-state index contributed by atoms with van der Waals surface area (Å²) in [4.78, 5) is 0. The zero-order valence-corrected chi connectivity index (χ0v) is 15.9. The molecule has 2 aromatic carbocycles. The van der Waals surface area contributed by atoms with Crippen molar-refractivity contribution < 1.29 is 14.2 Å². The molecule has 0 amide bonds. The maximum atomic E-state index is 6.24. The van der Waals surface area contributed by atoms with E-state index in [1.165, 1.54) is 0 Å². The Bertz CT molecular complexity index is 795. The molecule has 0 aromatic heterocycles. The third kappa shape index (κ3) is 3.01. The molecule has 138 valence electrons. The number of rotatable bonds is 4. The van der Waals surface area contributed by atoms with Crippen LogP contribution in [-0.2, 0) is 4.74 Å². The molecule has 4 nitrogen and oxygen atoms in total. The summed E-state index contributed by atoms with van der Waals surface area (Å²) < 4.78 is 17.7. The molecule has 3 atom stereocenters. The van der Waals surface area contributed by atoms with Gasteiger partial charge in [0.2, 0.25) is 0 Å². The van der Waals surface area contributed by atoms with Crippen LogP contribution in [0.25, 0.3) is 0 Å². The molecule has 1 N–H and O–H groups in total. The van der Waals surface area contributed by atoms with E-state index in [-0.39, 0.29) is 12.1 Å². The molecule has 0 radical (unpaired) electrons. The number of hydrogen-bond donors (Lipinski definition) is 1. The van der Waals surface area contributed by atoms with Crippen molar-refractivity contribution in [3.63, 3.8) is 0 Å². The highest BCUT2D eigenvalue weighted by molar-refractivity contribution is 6.30. The minimum atomic E-state index is 0.0455. The summed E-state index contributed by atoms with van der Waals surface area (Å²) in [5, 5.41) is 4.45. The van der Waals surface area contributed by atoms with Crippen LogP contribution < -0.4 is 14.8 Å². The van der Waals surface area contributed by atoms with Crippen molar-refractivity contribution in [1.82, 2.24) is 0 Å². The minimum absolute atomic E-state index is 0.0455. The predicted octanol–water partition coefficient (Wildman–Crippen LogP) is 5.38. The molecule has 4 rings (SSSR count). The molecule has 26 heavy (non-hydrogen) atoms. The van der Waals surface area contributed by atoms with Crippen molar-refractivity contribution in [2.24, 2.45) is 5.92 Å². The monoisotopic (exact) mass is 373 g/mol. The number of hydrogen-bond acceptors (Lipinski definition) is 4. The van der Waals surface area contributed by atoms with E-state index < -0.39 is 0 Å². The highest BCUT2D eigenvalue weighted by Crippen LogP contribution is 2.51. The zero-order valence-electron chi connectivity index (χ0n) is 15.1. The first kappa shape index (κ1) is 17.5. The largest absolute Gasteiger partial charge is 0.492 e. The fourth-order valence-corrected chi connectivity index (χ4v) is 4.40. The number of methoxy groups -OCH3 is 1. The molecular weight excluding hydrogens is 350 g/mol. The topological polar surface area (TPSA) is 39.7 Å². The van der Waals surface area contributed by atoms with Gasteiger partial charge in [-0.3, -0.25) is 0 Å². The smallest absolute Gasteiger partial charge is 0.165 e. The van der Waals surface area contributed by atoms with Crippen LogP contribution in [0.1, 0.15) is 43.0 Å². The van der Waals surface area contributed by atoms with Gasteiger partial charge in [0, 0.05) is 34.4 Å². The maximum Gasteiger partial charge on any atom is 0.165 e. The van der Waals surface area contributed by atoms with Gasteiger partial charge < -0.3 is 19.5 Å². The normalized spacial score (nSPS) is 24.2. The van der Waals surface area contributed by atoms with Crippen LogP contribution in [0.4, 0.5) is 5.69 Å². The lowest BCUT2D eigenvalue weighted by atomic mass is 9.77. The van der Waals surface area contributed by atoms with Crippen molar-refractivity contribution in [2.45, 2.75) is 31.9 Å². The SMILES string of the molecule is CCOc1cccc(C2Nc3ccc(Cl)cc3[C@H]3OCCC[C@@H]23)c1OC. The summed E-state index contributed by atoms with van der Waals surface area (Å²) in [6.45, 7) is 3.38. The summed E-state index contributed by atoms with van der Waals surface area (Å²) in [5.74, 6) is 1.90. The van der Waals surface area contributed by atoms with Crippen LogP contribution in [-0.4, -0.2) is 20.3 Å². The Labute approximate surface area is 159 Å². The lowest BCUT2D eigenvalue weighted by molar-refractivity contribution is -0.0383. The summed E-state index contributed by atoms with van der Waals surface area (Å²) in [5.41, 5.74) is 3.34. The number of halogens is 1. The van der Waals surface area contributed by atoms with Crippen molar-refractivity contribution in [3.05, 3.63) is 52.5 Å². The Balaban J connectivity index is 1.79. The van der Waals surface area contributed by atoms with Crippen LogP contribution in [0.2, 0.25) is 5.02 Å². The molecule has 1 saturated heterocycles. The van der Waals surface area contributed by atoms with Crippen molar-refractivity contribution in [2.75, 3.05) is 25.6 Å². The number of para-hydroxylation sites is 1. The van der Waals surface area contributed by atoms with E-state index in [2.05, 4.69) is 11.4 Å². The molecule has 5 heteroatoms. The Morgan fingerprint density at radius 3 is 2.92 bits per heavy atom. The summed E-state index contributed by atoms with van der Waals surface area (Å²) in [6, 6.07) is 12.2. The van der Waals surface area contributed by atoms with E-state index >= 15 is 0 Å². The molecule has 1 fully saturated rings. The number of fused-ring (bicyclic) bond motifs is 3. The van der Waals surface area contributed by atoms with Crippen molar-refractivity contribution in [1.29, 1.82) is 0 Å². The van der Waals surface area contributed by atoms with Crippen LogP contribution >= 0.6 is 11.6 Å². The van der Waals surface area contributed by atoms with Gasteiger partial charge in [-0.2, -0.15) is 0 Å². The van der Waals surface area contributed by atoms with Gasteiger partial charge >= 0.3 is 0 Å². The number of benzene rings is 2. The van der Waals surface area contributed by atoms with E-state index in [1.807, 2.05) is 37.3 Å². The quantitative estimate of drug-likeness (QED) is 0.780. The number of anilines is 1. The fraction of sp³-hybridized carbons (Fsp3) is 0.429. The lowest BCUT2D eigenvalue weighted by Crippen LogP contribution is -2.36. The van der Waals surface area contributed by atoms with Crippen LogP contribution in [0.5, 0.6) is 11.5 Å². The Hall–Kier alpha value is -1.91. The second kappa shape index (κ2) is 7.37. The molecule has 2 heterocycles. The highest BCUT2D eigenvalue weighted by atomic mass is 35.5. The Kier molecular flexibility index (Phi) is 4.96. The van der Waals surface area contributed by atoms with Gasteiger partial charge in [-0.15, -0.1) is 0 Å². The second-order valence-corrected chi connectivity index (χ2v) is 7.20. The average molecular weight is 374 g/mol. The molecule has 0 spiro atoms. The van der Waals surface area contributed by atoms with Gasteiger partial charge in [0.1, 0.15) is 0 Å². The molecule has 1 unspecified atom stereocenters.